The second-order valence-corrected chi connectivity index (χ2v) is 4.89. The molecule has 0 spiro atoms. The molecule has 0 bridgehead atoms. The predicted octanol–water partition coefficient (Wildman–Crippen LogP) is 4.28. The molecule has 2 N–H and O–H groups in total. The van der Waals surface area contributed by atoms with Crippen LogP contribution < -0.4 is 15.4 Å². The first kappa shape index (κ1) is 14.8. The highest BCUT2D eigenvalue weighted by Gasteiger charge is 2.09. The minimum Gasteiger partial charge on any atom is -0.492 e. The van der Waals surface area contributed by atoms with E-state index in [4.69, 9.17) is 4.74 Å². The number of amides is 2. The van der Waals surface area contributed by atoms with Gasteiger partial charge in [0.1, 0.15) is 5.75 Å². The molecule has 0 aliphatic rings. The van der Waals surface area contributed by atoms with E-state index in [2.05, 4.69) is 15.6 Å². The molecule has 0 saturated carbocycles. The fourth-order valence-electron chi connectivity index (χ4n) is 2.33. The van der Waals surface area contributed by atoms with Crippen LogP contribution in [0.1, 0.15) is 6.92 Å². The van der Waals surface area contributed by atoms with Gasteiger partial charge >= 0.3 is 6.03 Å². The lowest BCUT2D eigenvalue weighted by Gasteiger charge is -2.12. The molecule has 3 rings (SSSR count). The average molecular weight is 307 g/mol. The van der Waals surface area contributed by atoms with Crippen molar-refractivity contribution in [3.63, 3.8) is 0 Å². The molecule has 0 aliphatic heterocycles. The molecule has 5 heteroatoms. The Balaban J connectivity index is 1.79. The van der Waals surface area contributed by atoms with E-state index in [1.807, 2.05) is 55.5 Å². The monoisotopic (exact) mass is 307 g/mol. The molecule has 0 fully saturated rings. The summed E-state index contributed by atoms with van der Waals surface area (Å²) < 4.78 is 5.50. The maximum atomic E-state index is 12.3. The number of fused-ring (bicyclic) bond motifs is 1. The van der Waals surface area contributed by atoms with Crippen molar-refractivity contribution in [1.82, 2.24) is 4.98 Å². The molecule has 0 atom stereocenters. The molecule has 1 aromatic heterocycles. The van der Waals surface area contributed by atoms with Gasteiger partial charge < -0.3 is 15.4 Å². The van der Waals surface area contributed by atoms with Crippen LogP contribution in [0.15, 0.2) is 60.8 Å². The lowest BCUT2D eigenvalue weighted by molar-refractivity contribution is 0.262. The minimum absolute atomic E-state index is 0.338. The summed E-state index contributed by atoms with van der Waals surface area (Å²) in [6.07, 6.45) is 1.70. The number of hydrogen-bond donors (Lipinski definition) is 2. The lowest BCUT2D eigenvalue weighted by Crippen LogP contribution is -2.20. The van der Waals surface area contributed by atoms with Crippen molar-refractivity contribution in [1.29, 1.82) is 0 Å². The summed E-state index contributed by atoms with van der Waals surface area (Å²) in [5, 5.41) is 6.61. The predicted molar refractivity (Wildman–Crippen MR) is 92.0 cm³/mol. The Hall–Kier alpha value is -3.08. The van der Waals surface area contributed by atoms with Crippen LogP contribution >= 0.6 is 0 Å². The van der Waals surface area contributed by atoms with Crippen LogP contribution in [0.3, 0.4) is 0 Å². The number of benzene rings is 2. The third-order valence-electron chi connectivity index (χ3n) is 3.32. The number of aromatic nitrogens is 1. The van der Waals surface area contributed by atoms with Gasteiger partial charge in [0.15, 0.2) is 0 Å². The van der Waals surface area contributed by atoms with E-state index in [1.54, 1.807) is 12.3 Å². The molecule has 0 saturated heterocycles. The van der Waals surface area contributed by atoms with Gasteiger partial charge in [0.05, 0.1) is 23.5 Å². The summed E-state index contributed by atoms with van der Waals surface area (Å²) in [6.45, 7) is 2.44. The van der Waals surface area contributed by atoms with Crippen LogP contribution in [0.4, 0.5) is 16.2 Å². The van der Waals surface area contributed by atoms with Gasteiger partial charge in [-0.25, -0.2) is 4.79 Å². The van der Waals surface area contributed by atoms with Crippen molar-refractivity contribution in [2.45, 2.75) is 6.92 Å². The number of pyridine rings is 1. The normalized spacial score (nSPS) is 10.3. The van der Waals surface area contributed by atoms with E-state index >= 15 is 0 Å². The molecule has 5 nitrogen and oxygen atoms in total. The van der Waals surface area contributed by atoms with Gasteiger partial charge in [-0.1, -0.05) is 30.3 Å². The van der Waals surface area contributed by atoms with Crippen molar-refractivity contribution in [2.75, 3.05) is 17.2 Å². The van der Waals surface area contributed by atoms with Crippen molar-refractivity contribution in [3.8, 4) is 5.75 Å². The topological polar surface area (TPSA) is 63.2 Å². The van der Waals surface area contributed by atoms with Crippen LogP contribution in [0.2, 0.25) is 0 Å². The second-order valence-electron chi connectivity index (χ2n) is 4.89. The maximum absolute atomic E-state index is 12.3. The SMILES string of the molecule is CCOc1ccccc1NC(=O)Nc1cccc2cccnc12. The number of carbonyl (C=O) groups excluding carboxylic acids is 1. The molecule has 23 heavy (non-hydrogen) atoms. The number of urea groups is 1. The number of carbonyl (C=O) groups is 1. The smallest absolute Gasteiger partial charge is 0.323 e. The highest BCUT2D eigenvalue weighted by atomic mass is 16.5. The maximum Gasteiger partial charge on any atom is 0.323 e. The number of para-hydroxylation sites is 3. The third kappa shape index (κ3) is 3.40. The van der Waals surface area contributed by atoms with E-state index in [9.17, 15) is 4.79 Å². The van der Waals surface area contributed by atoms with Gasteiger partial charge in [0.2, 0.25) is 0 Å². The van der Waals surface area contributed by atoms with E-state index < -0.39 is 0 Å². The molecule has 0 aliphatic carbocycles. The highest BCUT2D eigenvalue weighted by Crippen LogP contribution is 2.25. The van der Waals surface area contributed by atoms with Crippen LogP contribution in [0.5, 0.6) is 5.75 Å². The zero-order valence-electron chi connectivity index (χ0n) is 12.7. The van der Waals surface area contributed by atoms with E-state index in [0.29, 0.717) is 23.7 Å². The van der Waals surface area contributed by atoms with Crippen LogP contribution in [0.25, 0.3) is 10.9 Å². The third-order valence-corrected chi connectivity index (χ3v) is 3.32. The summed E-state index contributed by atoms with van der Waals surface area (Å²) in [5.74, 6) is 0.640. The highest BCUT2D eigenvalue weighted by molar-refractivity contribution is 6.05. The molecule has 116 valence electrons. The average Bonchev–Trinajstić information content (AvgIpc) is 2.57. The van der Waals surface area contributed by atoms with Gasteiger partial charge in [-0.05, 0) is 31.2 Å². The Morgan fingerprint density at radius 1 is 1.00 bits per heavy atom. The Morgan fingerprint density at radius 3 is 2.61 bits per heavy atom. The Labute approximate surface area is 134 Å². The molecule has 2 aromatic carbocycles. The van der Waals surface area contributed by atoms with Crippen molar-refractivity contribution in [2.24, 2.45) is 0 Å². The lowest BCUT2D eigenvalue weighted by atomic mass is 10.2. The largest absolute Gasteiger partial charge is 0.492 e. The fourth-order valence-corrected chi connectivity index (χ4v) is 2.33. The number of nitrogens with zero attached hydrogens (tertiary/aromatic N) is 1. The Bertz CT molecular complexity index is 828. The van der Waals surface area contributed by atoms with Crippen molar-refractivity contribution in [3.05, 3.63) is 60.8 Å². The van der Waals surface area contributed by atoms with Crippen LogP contribution in [-0.2, 0) is 0 Å². The Kier molecular flexibility index (Phi) is 4.38. The summed E-state index contributed by atoms with van der Waals surface area (Å²) in [6, 6.07) is 16.5. The second kappa shape index (κ2) is 6.79. The van der Waals surface area contributed by atoms with Gasteiger partial charge in [-0.15, -0.1) is 0 Å². The standard InChI is InChI=1S/C18H17N3O2/c1-2-23-16-11-4-3-9-14(16)20-18(22)21-15-10-5-7-13-8-6-12-19-17(13)15/h3-12H,2H2,1H3,(H2,20,21,22). The molecular formula is C18H17N3O2. The fraction of sp³-hybridized carbons (Fsp3) is 0.111. The summed E-state index contributed by atoms with van der Waals surface area (Å²) in [4.78, 5) is 16.6. The van der Waals surface area contributed by atoms with Gasteiger partial charge in [0.25, 0.3) is 0 Å². The van der Waals surface area contributed by atoms with Gasteiger partial charge in [0, 0.05) is 11.6 Å². The van der Waals surface area contributed by atoms with E-state index in [1.165, 1.54) is 0 Å². The van der Waals surface area contributed by atoms with Crippen molar-refractivity contribution >= 4 is 28.3 Å². The minimum atomic E-state index is -0.338. The molecule has 3 aromatic rings. The first-order valence-electron chi connectivity index (χ1n) is 7.41. The number of anilines is 2. The first-order valence-corrected chi connectivity index (χ1v) is 7.41. The number of hydrogen-bond acceptors (Lipinski definition) is 3. The summed E-state index contributed by atoms with van der Waals surface area (Å²) in [7, 11) is 0. The Morgan fingerprint density at radius 2 is 1.74 bits per heavy atom. The zero-order chi connectivity index (χ0) is 16.1. The summed E-state index contributed by atoms with van der Waals surface area (Å²) in [5.41, 5.74) is 2.04. The van der Waals surface area contributed by atoms with E-state index in [-0.39, 0.29) is 6.03 Å². The molecular weight excluding hydrogens is 290 g/mol. The van der Waals surface area contributed by atoms with E-state index in [0.717, 1.165) is 10.9 Å². The zero-order valence-corrected chi connectivity index (χ0v) is 12.7. The van der Waals surface area contributed by atoms with Gasteiger partial charge in [-0.2, -0.15) is 0 Å². The number of rotatable bonds is 4. The van der Waals surface area contributed by atoms with Crippen LogP contribution in [0, 0.1) is 0 Å². The molecule has 1 heterocycles. The quantitative estimate of drug-likeness (QED) is 0.756. The molecule has 0 unspecified atom stereocenters. The number of nitrogens with one attached hydrogen (secondary N) is 2. The molecule has 2 amide bonds. The number of ether oxygens (including phenoxy) is 1. The van der Waals surface area contributed by atoms with Crippen molar-refractivity contribution < 1.29 is 9.53 Å². The molecule has 0 radical (unpaired) electrons. The van der Waals surface area contributed by atoms with Crippen LogP contribution in [-0.4, -0.2) is 17.6 Å². The first-order chi connectivity index (χ1) is 11.3. The summed E-state index contributed by atoms with van der Waals surface area (Å²) >= 11 is 0. The van der Waals surface area contributed by atoms with Gasteiger partial charge in [-0.3, -0.25) is 4.98 Å².